The number of benzene rings is 3. The summed E-state index contributed by atoms with van der Waals surface area (Å²) in [4.78, 5) is 6.78. The zero-order valence-corrected chi connectivity index (χ0v) is 24.6. The predicted octanol–water partition coefficient (Wildman–Crippen LogP) is 8.60. The quantitative estimate of drug-likeness (QED) is 0.288. The van der Waals surface area contributed by atoms with Crippen LogP contribution < -0.4 is 4.90 Å². The first-order valence-electron chi connectivity index (χ1n) is 11.6. The number of hydrogen-bond donors (Lipinski definition) is 2. The maximum absolute atomic E-state index is 11.2. The highest BCUT2D eigenvalue weighted by molar-refractivity contribution is 9.11. The molecule has 3 aromatic carbocycles. The number of rotatable bonds is 5. The fourth-order valence-electron chi connectivity index (χ4n) is 3.88. The maximum atomic E-state index is 11.2. The Morgan fingerprint density at radius 1 is 0.886 bits per heavy atom. The van der Waals surface area contributed by atoms with Crippen molar-refractivity contribution in [3.05, 3.63) is 79.7 Å². The summed E-state index contributed by atoms with van der Waals surface area (Å²) in [6, 6.07) is 15.7. The molecule has 35 heavy (non-hydrogen) atoms. The number of hydrogen-bond acceptors (Lipinski definition) is 4. The number of aromatic hydroxyl groups is 2. The summed E-state index contributed by atoms with van der Waals surface area (Å²) in [5, 5.41) is 21.6. The zero-order valence-electron chi connectivity index (χ0n) is 21.4. The van der Waals surface area contributed by atoms with Gasteiger partial charge in [-0.3, -0.25) is 4.99 Å². The third kappa shape index (κ3) is 6.47. The third-order valence-corrected chi connectivity index (χ3v) is 7.03. The lowest BCUT2D eigenvalue weighted by molar-refractivity contribution is 0.437. The SMILES string of the molecule is CN(Cc1cc(C(C)(C)C)cc(C(C)(C)C)c1O)c1ccccc1N=Cc1cc(Br)cc(Br)c1O. The van der Waals surface area contributed by atoms with Gasteiger partial charge in [0.05, 0.1) is 15.8 Å². The Morgan fingerprint density at radius 3 is 2.17 bits per heavy atom. The van der Waals surface area contributed by atoms with Crippen LogP contribution in [0.2, 0.25) is 0 Å². The summed E-state index contributed by atoms with van der Waals surface area (Å²) in [6.07, 6.45) is 1.66. The van der Waals surface area contributed by atoms with Crippen LogP contribution >= 0.6 is 31.9 Å². The van der Waals surface area contributed by atoms with Gasteiger partial charge in [-0.25, -0.2) is 0 Å². The van der Waals surface area contributed by atoms with Crippen molar-refractivity contribution in [1.82, 2.24) is 0 Å². The van der Waals surface area contributed by atoms with Crippen molar-refractivity contribution in [2.75, 3.05) is 11.9 Å². The number of halogens is 2. The average molecular weight is 602 g/mol. The van der Waals surface area contributed by atoms with Crippen molar-refractivity contribution in [1.29, 1.82) is 0 Å². The number of aliphatic imine (C=N–C) groups is 1. The molecule has 0 aliphatic carbocycles. The number of anilines is 1. The lowest BCUT2D eigenvalue weighted by Crippen LogP contribution is -2.21. The fraction of sp³-hybridized carbons (Fsp3) is 0.345. The van der Waals surface area contributed by atoms with E-state index in [0.717, 1.165) is 27.0 Å². The zero-order chi connectivity index (χ0) is 26.1. The first-order valence-corrected chi connectivity index (χ1v) is 13.2. The van der Waals surface area contributed by atoms with Crippen LogP contribution in [0, 0.1) is 0 Å². The minimum absolute atomic E-state index is 0.0382. The van der Waals surface area contributed by atoms with Crippen molar-refractivity contribution in [2.24, 2.45) is 4.99 Å². The molecule has 0 bridgehead atoms. The highest BCUT2D eigenvalue weighted by atomic mass is 79.9. The van der Waals surface area contributed by atoms with Gasteiger partial charge < -0.3 is 15.1 Å². The Bertz CT molecular complexity index is 1250. The van der Waals surface area contributed by atoms with Crippen molar-refractivity contribution in [3.8, 4) is 11.5 Å². The molecule has 0 heterocycles. The molecule has 0 aliphatic rings. The van der Waals surface area contributed by atoms with Crippen LogP contribution in [0.3, 0.4) is 0 Å². The van der Waals surface area contributed by atoms with E-state index in [-0.39, 0.29) is 16.6 Å². The second kappa shape index (κ2) is 10.4. The topological polar surface area (TPSA) is 56.1 Å². The van der Waals surface area contributed by atoms with Crippen LogP contribution in [0.5, 0.6) is 11.5 Å². The van der Waals surface area contributed by atoms with Crippen molar-refractivity contribution >= 4 is 49.4 Å². The van der Waals surface area contributed by atoms with Crippen molar-refractivity contribution in [3.63, 3.8) is 0 Å². The lowest BCUT2D eigenvalue weighted by Gasteiger charge is -2.29. The van der Waals surface area contributed by atoms with Gasteiger partial charge >= 0.3 is 0 Å². The molecule has 6 heteroatoms. The van der Waals surface area contributed by atoms with Gasteiger partial charge in [0.2, 0.25) is 0 Å². The number of phenols is 2. The minimum Gasteiger partial charge on any atom is -0.507 e. The monoisotopic (exact) mass is 600 g/mol. The molecule has 0 aliphatic heterocycles. The van der Waals surface area contributed by atoms with E-state index in [1.54, 1.807) is 12.3 Å². The molecule has 0 radical (unpaired) electrons. The number of phenolic OH excluding ortho intramolecular Hbond substituents is 2. The van der Waals surface area contributed by atoms with Gasteiger partial charge in [-0.2, -0.15) is 0 Å². The van der Waals surface area contributed by atoms with Crippen LogP contribution in [-0.2, 0) is 17.4 Å². The molecule has 0 saturated heterocycles. The van der Waals surface area contributed by atoms with Crippen LogP contribution in [-0.4, -0.2) is 23.5 Å². The van der Waals surface area contributed by atoms with Crippen molar-refractivity contribution < 1.29 is 10.2 Å². The summed E-state index contributed by atoms with van der Waals surface area (Å²) in [7, 11) is 2.00. The Kier molecular flexibility index (Phi) is 8.07. The molecule has 0 fully saturated rings. The Labute approximate surface area is 226 Å². The van der Waals surface area contributed by atoms with Gasteiger partial charge in [-0.05, 0) is 68.2 Å². The molecule has 2 N–H and O–H groups in total. The highest BCUT2D eigenvalue weighted by Gasteiger charge is 2.25. The molecule has 0 atom stereocenters. The predicted molar refractivity (Wildman–Crippen MR) is 155 cm³/mol. The minimum atomic E-state index is -0.179. The molecule has 0 saturated carbocycles. The van der Waals surface area contributed by atoms with Crippen LogP contribution in [0.1, 0.15) is 63.8 Å². The van der Waals surface area contributed by atoms with Crippen LogP contribution in [0.25, 0.3) is 0 Å². The Morgan fingerprint density at radius 2 is 1.54 bits per heavy atom. The Hall–Kier alpha value is -2.31. The van der Waals surface area contributed by atoms with Crippen molar-refractivity contribution in [2.45, 2.75) is 58.9 Å². The smallest absolute Gasteiger partial charge is 0.138 e. The molecule has 3 aromatic rings. The summed E-state index contributed by atoms with van der Waals surface area (Å²) in [5.41, 5.74) is 5.13. The summed E-state index contributed by atoms with van der Waals surface area (Å²) >= 11 is 6.83. The summed E-state index contributed by atoms with van der Waals surface area (Å²) < 4.78 is 1.44. The molecule has 4 nitrogen and oxygen atoms in total. The van der Waals surface area contributed by atoms with Gasteiger partial charge in [0.25, 0.3) is 0 Å². The van der Waals surface area contributed by atoms with Gasteiger partial charge in [0, 0.05) is 35.4 Å². The summed E-state index contributed by atoms with van der Waals surface area (Å²) in [5.74, 6) is 0.489. The fourth-order valence-corrected chi connectivity index (χ4v) is 5.14. The lowest BCUT2D eigenvalue weighted by atomic mass is 9.79. The molecule has 0 spiro atoms. The number of para-hydroxylation sites is 2. The first kappa shape index (κ1) is 27.3. The molecular weight excluding hydrogens is 568 g/mol. The molecule has 0 amide bonds. The van der Waals surface area contributed by atoms with E-state index in [4.69, 9.17) is 0 Å². The largest absolute Gasteiger partial charge is 0.507 e. The van der Waals surface area contributed by atoms with Crippen LogP contribution in [0.15, 0.2) is 62.5 Å². The van der Waals surface area contributed by atoms with E-state index in [1.165, 1.54) is 5.56 Å². The first-order chi connectivity index (χ1) is 16.2. The van der Waals surface area contributed by atoms with Crippen LogP contribution in [0.4, 0.5) is 11.4 Å². The second-order valence-electron chi connectivity index (χ2n) is 11.0. The van der Waals surface area contributed by atoms with E-state index < -0.39 is 0 Å². The highest BCUT2D eigenvalue weighted by Crippen LogP contribution is 2.39. The van der Waals surface area contributed by atoms with Gasteiger partial charge in [-0.15, -0.1) is 0 Å². The van der Waals surface area contributed by atoms with E-state index in [1.807, 2.05) is 37.4 Å². The summed E-state index contributed by atoms with van der Waals surface area (Å²) in [6.45, 7) is 13.5. The molecule has 0 aromatic heterocycles. The van der Waals surface area contributed by atoms with Gasteiger partial charge in [0.1, 0.15) is 11.5 Å². The molecular formula is C29H34Br2N2O2. The maximum Gasteiger partial charge on any atom is 0.138 e. The standard InChI is InChI=1S/C29H34Br2N2O2/c1-28(2,3)20-12-19(26(34)22(14-20)29(4,5)6)17-33(7)25-11-9-8-10-24(25)32-16-18-13-21(30)15-23(31)27(18)35/h8-16,34-35H,17H2,1-7H3. The van der Waals surface area contributed by atoms with E-state index in [2.05, 4.69) is 95.4 Å². The van der Waals surface area contributed by atoms with E-state index in [9.17, 15) is 10.2 Å². The van der Waals surface area contributed by atoms with Gasteiger partial charge in [-0.1, -0.05) is 75.7 Å². The van der Waals surface area contributed by atoms with E-state index in [0.29, 0.717) is 22.3 Å². The molecule has 0 unspecified atom stereocenters. The normalized spacial score (nSPS) is 12.4. The van der Waals surface area contributed by atoms with E-state index >= 15 is 0 Å². The second-order valence-corrected chi connectivity index (χ2v) is 12.7. The third-order valence-electron chi connectivity index (χ3n) is 5.96. The van der Waals surface area contributed by atoms with Gasteiger partial charge in [0.15, 0.2) is 0 Å². The average Bonchev–Trinajstić information content (AvgIpc) is 2.75. The molecule has 3 rings (SSSR count). The Balaban J connectivity index is 2.00. The number of nitrogens with zero attached hydrogens (tertiary/aromatic N) is 2. The molecule has 186 valence electrons.